The number of hydrogen-bond donors (Lipinski definition) is 1. The summed E-state index contributed by atoms with van der Waals surface area (Å²) in [6.07, 6.45) is 0.684. The summed E-state index contributed by atoms with van der Waals surface area (Å²) in [6, 6.07) is 0. The zero-order chi connectivity index (χ0) is 13.1. The fraction of sp³-hybridized carbons (Fsp3) is 0.833. The van der Waals surface area contributed by atoms with E-state index in [9.17, 15) is 9.59 Å². The molecule has 0 aromatic heterocycles. The highest BCUT2D eigenvalue weighted by Crippen LogP contribution is 2.11. The van der Waals surface area contributed by atoms with Gasteiger partial charge in [-0.1, -0.05) is 6.92 Å². The van der Waals surface area contributed by atoms with E-state index in [1.165, 1.54) is 0 Å². The predicted octanol–water partition coefficient (Wildman–Crippen LogP) is 1.12. The first-order valence-corrected chi connectivity index (χ1v) is 6.18. The maximum Gasteiger partial charge on any atom is 0.309 e. The molecular formula is C12H23NO4. The van der Waals surface area contributed by atoms with Gasteiger partial charge in [-0.15, -0.1) is 0 Å². The smallest absolute Gasteiger partial charge is 0.309 e. The van der Waals surface area contributed by atoms with Crippen molar-refractivity contribution in [3.8, 4) is 0 Å². The van der Waals surface area contributed by atoms with E-state index in [1.54, 1.807) is 13.8 Å². The molecule has 0 aliphatic carbocycles. The summed E-state index contributed by atoms with van der Waals surface area (Å²) in [5.41, 5.74) is 0. The third-order valence-electron chi connectivity index (χ3n) is 2.26. The van der Waals surface area contributed by atoms with Crippen molar-refractivity contribution in [1.82, 2.24) is 5.32 Å². The SMILES string of the molecule is CCNCC[C@H](CC(=O)OCC)C(=O)OCC. The zero-order valence-corrected chi connectivity index (χ0v) is 11.0. The van der Waals surface area contributed by atoms with Crippen LogP contribution in [0.3, 0.4) is 0 Å². The molecule has 0 amide bonds. The first-order valence-electron chi connectivity index (χ1n) is 6.18. The van der Waals surface area contributed by atoms with Gasteiger partial charge in [-0.2, -0.15) is 0 Å². The van der Waals surface area contributed by atoms with Crippen LogP contribution in [0.4, 0.5) is 0 Å². The second-order valence-corrected chi connectivity index (χ2v) is 3.60. The van der Waals surface area contributed by atoms with Gasteiger partial charge in [0.25, 0.3) is 0 Å². The van der Waals surface area contributed by atoms with Gasteiger partial charge in [0.1, 0.15) is 0 Å². The molecule has 0 aliphatic rings. The first-order chi connectivity index (χ1) is 8.15. The van der Waals surface area contributed by atoms with E-state index in [-0.39, 0.29) is 18.4 Å². The van der Waals surface area contributed by atoms with E-state index in [4.69, 9.17) is 9.47 Å². The number of rotatable bonds is 9. The molecule has 100 valence electrons. The van der Waals surface area contributed by atoms with E-state index >= 15 is 0 Å². The molecule has 0 saturated heterocycles. The molecule has 0 heterocycles. The molecule has 5 nitrogen and oxygen atoms in total. The maximum atomic E-state index is 11.6. The van der Waals surface area contributed by atoms with Gasteiger partial charge in [0.05, 0.1) is 25.6 Å². The highest BCUT2D eigenvalue weighted by Gasteiger charge is 2.23. The van der Waals surface area contributed by atoms with Gasteiger partial charge in [-0.25, -0.2) is 0 Å². The molecule has 0 bridgehead atoms. The zero-order valence-electron chi connectivity index (χ0n) is 11.0. The summed E-state index contributed by atoms with van der Waals surface area (Å²) in [7, 11) is 0. The average Bonchev–Trinajstić information content (AvgIpc) is 2.28. The summed E-state index contributed by atoms with van der Waals surface area (Å²) in [5, 5.41) is 3.12. The Kier molecular flexibility index (Phi) is 9.43. The minimum Gasteiger partial charge on any atom is -0.466 e. The van der Waals surface area contributed by atoms with Crippen molar-refractivity contribution in [2.75, 3.05) is 26.3 Å². The normalized spacial score (nSPS) is 11.9. The van der Waals surface area contributed by atoms with Crippen LogP contribution < -0.4 is 5.32 Å². The first kappa shape index (κ1) is 15.9. The lowest BCUT2D eigenvalue weighted by Gasteiger charge is -2.14. The lowest BCUT2D eigenvalue weighted by Crippen LogP contribution is -2.26. The highest BCUT2D eigenvalue weighted by atomic mass is 16.5. The van der Waals surface area contributed by atoms with Crippen LogP contribution in [0, 0.1) is 5.92 Å². The van der Waals surface area contributed by atoms with Crippen LogP contribution in [0.5, 0.6) is 0 Å². The molecule has 17 heavy (non-hydrogen) atoms. The van der Waals surface area contributed by atoms with Gasteiger partial charge in [-0.3, -0.25) is 9.59 Å². The Balaban J connectivity index is 4.18. The van der Waals surface area contributed by atoms with Gasteiger partial charge in [0, 0.05) is 0 Å². The highest BCUT2D eigenvalue weighted by molar-refractivity contribution is 5.79. The fourth-order valence-electron chi connectivity index (χ4n) is 1.44. The number of hydrogen-bond acceptors (Lipinski definition) is 5. The molecule has 1 N–H and O–H groups in total. The largest absolute Gasteiger partial charge is 0.466 e. The van der Waals surface area contributed by atoms with Crippen LogP contribution >= 0.6 is 0 Å². The van der Waals surface area contributed by atoms with Crippen molar-refractivity contribution in [2.45, 2.75) is 33.6 Å². The standard InChI is InChI=1S/C12H23NO4/c1-4-13-8-7-10(12(15)17-6-3)9-11(14)16-5-2/h10,13H,4-9H2,1-3H3/t10-/m1/s1. The van der Waals surface area contributed by atoms with E-state index in [0.717, 1.165) is 6.54 Å². The molecule has 0 spiro atoms. The van der Waals surface area contributed by atoms with E-state index in [0.29, 0.717) is 26.2 Å². The molecule has 1 atom stereocenters. The van der Waals surface area contributed by atoms with Gasteiger partial charge >= 0.3 is 11.9 Å². The van der Waals surface area contributed by atoms with E-state index in [2.05, 4.69) is 5.32 Å². The molecule has 0 radical (unpaired) electrons. The van der Waals surface area contributed by atoms with Gasteiger partial charge in [0.2, 0.25) is 0 Å². The molecular weight excluding hydrogens is 222 g/mol. The van der Waals surface area contributed by atoms with Gasteiger partial charge < -0.3 is 14.8 Å². The lowest BCUT2D eigenvalue weighted by atomic mass is 10.0. The summed E-state index contributed by atoms with van der Waals surface area (Å²) < 4.78 is 9.78. The van der Waals surface area contributed by atoms with E-state index in [1.807, 2.05) is 6.92 Å². The fourth-order valence-corrected chi connectivity index (χ4v) is 1.44. The van der Waals surface area contributed by atoms with Crippen LogP contribution in [-0.4, -0.2) is 38.2 Å². The van der Waals surface area contributed by atoms with Crippen molar-refractivity contribution in [3.63, 3.8) is 0 Å². The number of ether oxygens (including phenoxy) is 2. The molecule has 0 aliphatic heterocycles. The molecule has 0 saturated carbocycles. The van der Waals surface area contributed by atoms with Crippen LogP contribution in [-0.2, 0) is 19.1 Å². The monoisotopic (exact) mass is 245 g/mol. The summed E-state index contributed by atoms with van der Waals surface area (Å²) in [5.74, 6) is -1.08. The van der Waals surface area contributed by atoms with Crippen molar-refractivity contribution in [3.05, 3.63) is 0 Å². The molecule has 0 aromatic rings. The van der Waals surface area contributed by atoms with Crippen molar-refractivity contribution >= 4 is 11.9 Å². The third-order valence-corrected chi connectivity index (χ3v) is 2.26. The van der Waals surface area contributed by atoms with Crippen LogP contribution in [0.15, 0.2) is 0 Å². The minimum atomic E-state index is -0.409. The van der Waals surface area contributed by atoms with Crippen LogP contribution in [0.2, 0.25) is 0 Å². The molecule has 0 aromatic carbocycles. The molecule has 5 heteroatoms. The Bertz CT molecular complexity index is 231. The summed E-state index contributed by atoms with van der Waals surface area (Å²) >= 11 is 0. The minimum absolute atomic E-state index is 0.0953. The molecule has 0 rings (SSSR count). The summed E-state index contributed by atoms with van der Waals surface area (Å²) in [6.45, 7) is 7.69. The van der Waals surface area contributed by atoms with Gasteiger partial charge in [-0.05, 0) is 33.4 Å². The Labute approximate surface area is 103 Å². The topological polar surface area (TPSA) is 64.6 Å². The van der Waals surface area contributed by atoms with Crippen molar-refractivity contribution < 1.29 is 19.1 Å². The van der Waals surface area contributed by atoms with Crippen LogP contribution in [0.25, 0.3) is 0 Å². The molecule has 0 fully saturated rings. The second-order valence-electron chi connectivity index (χ2n) is 3.60. The Hall–Kier alpha value is -1.10. The average molecular weight is 245 g/mol. The quantitative estimate of drug-likeness (QED) is 0.487. The number of carbonyl (C=O) groups excluding carboxylic acids is 2. The third kappa shape index (κ3) is 7.74. The lowest BCUT2D eigenvalue weighted by molar-refractivity contribution is -0.154. The maximum absolute atomic E-state index is 11.6. The Morgan fingerprint density at radius 1 is 1.12 bits per heavy atom. The molecule has 0 unspecified atom stereocenters. The van der Waals surface area contributed by atoms with E-state index < -0.39 is 5.92 Å². The summed E-state index contributed by atoms with van der Waals surface area (Å²) in [4.78, 5) is 23.0. The van der Waals surface area contributed by atoms with Crippen molar-refractivity contribution in [2.24, 2.45) is 5.92 Å². The Morgan fingerprint density at radius 3 is 2.29 bits per heavy atom. The Morgan fingerprint density at radius 2 is 1.76 bits per heavy atom. The number of nitrogens with one attached hydrogen (secondary N) is 1. The van der Waals surface area contributed by atoms with Crippen molar-refractivity contribution in [1.29, 1.82) is 0 Å². The second kappa shape index (κ2) is 10.1. The number of esters is 2. The van der Waals surface area contributed by atoms with Crippen LogP contribution in [0.1, 0.15) is 33.6 Å². The number of carbonyl (C=O) groups is 2. The predicted molar refractivity (Wildman–Crippen MR) is 64.5 cm³/mol. The van der Waals surface area contributed by atoms with Gasteiger partial charge in [0.15, 0.2) is 0 Å².